The zero-order chi connectivity index (χ0) is 37.0. The quantitative estimate of drug-likeness (QED) is 0.162. The van der Waals surface area contributed by atoms with Gasteiger partial charge in [0, 0.05) is 32.9 Å². The van der Waals surface area contributed by atoms with Gasteiger partial charge in [0.25, 0.3) is 0 Å². The Labute approximate surface area is 325 Å². The highest BCUT2D eigenvalue weighted by molar-refractivity contribution is 6.12. The Bertz CT molecular complexity index is 3220. The Morgan fingerprint density at radius 2 is 0.518 bits per heavy atom. The first-order chi connectivity index (χ1) is 27.8. The molecule has 11 aromatic rings. The van der Waals surface area contributed by atoms with Crippen LogP contribution in [0.4, 0.5) is 0 Å². The Morgan fingerprint density at radius 3 is 1.00 bits per heavy atom. The minimum atomic E-state index is 1.15. The summed E-state index contributed by atoms with van der Waals surface area (Å²) in [5, 5.41) is 5.00. The number of aromatic nitrogens is 2. The molecule has 0 spiro atoms. The minimum Gasteiger partial charge on any atom is -0.309 e. The van der Waals surface area contributed by atoms with E-state index in [0.29, 0.717) is 0 Å². The molecule has 11 rings (SSSR count). The van der Waals surface area contributed by atoms with E-state index in [1.54, 1.807) is 0 Å². The van der Waals surface area contributed by atoms with Gasteiger partial charge in [-0.3, -0.25) is 0 Å². The molecule has 0 saturated heterocycles. The van der Waals surface area contributed by atoms with Gasteiger partial charge in [0.2, 0.25) is 0 Å². The highest BCUT2D eigenvalue weighted by atomic mass is 15.0. The van der Waals surface area contributed by atoms with Gasteiger partial charge in [-0.1, -0.05) is 158 Å². The fourth-order valence-corrected chi connectivity index (χ4v) is 8.63. The molecule has 0 aliphatic carbocycles. The van der Waals surface area contributed by atoms with E-state index in [4.69, 9.17) is 0 Å². The van der Waals surface area contributed by atoms with Crippen LogP contribution < -0.4 is 0 Å². The van der Waals surface area contributed by atoms with Crippen molar-refractivity contribution < 1.29 is 0 Å². The molecule has 2 heteroatoms. The third kappa shape index (κ3) is 5.34. The summed E-state index contributed by atoms with van der Waals surface area (Å²) in [6, 6.07) is 79.4. The van der Waals surface area contributed by atoms with Crippen molar-refractivity contribution >= 4 is 43.6 Å². The first-order valence-corrected chi connectivity index (χ1v) is 19.3. The van der Waals surface area contributed by atoms with Gasteiger partial charge in [0.1, 0.15) is 0 Å². The normalized spacial score (nSPS) is 11.6. The SMILES string of the molecule is c1ccc(-c2ccc(-c3cccc(-n4c5ccccc5c5cc(-c6ccc7c(c6)c6ccccc6n7-c6cccc(-c7ccccc7)c6)ccc54)c3)cc2)cc1. The fourth-order valence-electron chi connectivity index (χ4n) is 8.63. The van der Waals surface area contributed by atoms with Gasteiger partial charge >= 0.3 is 0 Å². The summed E-state index contributed by atoms with van der Waals surface area (Å²) in [5.41, 5.74) is 16.8. The third-order valence-corrected chi connectivity index (χ3v) is 11.3. The highest BCUT2D eigenvalue weighted by Gasteiger charge is 2.17. The Hall–Kier alpha value is -7.42. The molecule has 9 aromatic carbocycles. The van der Waals surface area contributed by atoms with Crippen LogP contribution in [0, 0.1) is 0 Å². The molecule has 2 nitrogen and oxygen atoms in total. The molecule has 0 radical (unpaired) electrons. The van der Waals surface area contributed by atoms with Crippen LogP contribution in [0.2, 0.25) is 0 Å². The lowest BCUT2D eigenvalue weighted by Crippen LogP contribution is -1.94. The molecule has 2 heterocycles. The van der Waals surface area contributed by atoms with Crippen LogP contribution in [0.15, 0.2) is 218 Å². The average Bonchev–Trinajstić information content (AvgIpc) is 3.79. The second-order valence-electron chi connectivity index (χ2n) is 14.6. The van der Waals surface area contributed by atoms with E-state index in [1.807, 2.05) is 0 Å². The summed E-state index contributed by atoms with van der Waals surface area (Å²) in [6.45, 7) is 0. The molecule has 0 unspecified atom stereocenters. The first kappa shape index (κ1) is 32.0. The summed E-state index contributed by atoms with van der Waals surface area (Å²) in [7, 11) is 0. The third-order valence-electron chi connectivity index (χ3n) is 11.3. The molecule has 56 heavy (non-hydrogen) atoms. The van der Waals surface area contributed by atoms with Crippen LogP contribution in [0.5, 0.6) is 0 Å². The summed E-state index contributed by atoms with van der Waals surface area (Å²) in [4.78, 5) is 0. The predicted molar refractivity (Wildman–Crippen MR) is 237 cm³/mol. The number of nitrogens with zero attached hydrogens (tertiary/aromatic N) is 2. The van der Waals surface area contributed by atoms with Crippen LogP contribution in [0.25, 0.3) is 99.5 Å². The van der Waals surface area contributed by atoms with E-state index < -0.39 is 0 Å². The van der Waals surface area contributed by atoms with Crippen molar-refractivity contribution in [1.82, 2.24) is 9.13 Å². The minimum absolute atomic E-state index is 1.15. The topological polar surface area (TPSA) is 9.86 Å². The van der Waals surface area contributed by atoms with Gasteiger partial charge in [-0.15, -0.1) is 0 Å². The zero-order valence-electron chi connectivity index (χ0n) is 30.7. The molecule has 0 amide bonds. The Kier molecular flexibility index (Phi) is 7.53. The van der Waals surface area contributed by atoms with Crippen LogP contribution in [0.1, 0.15) is 0 Å². The molecule has 0 N–H and O–H groups in total. The molecular formula is C54H36N2. The van der Waals surface area contributed by atoms with Crippen molar-refractivity contribution in [2.24, 2.45) is 0 Å². The molecular weight excluding hydrogens is 677 g/mol. The van der Waals surface area contributed by atoms with Gasteiger partial charge in [-0.25, -0.2) is 0 Å². The lowest BCUT2D eigenvalue weighted by Gasteiger charge is -2.12. The van der Waals surface area contributed by atoms with E-state index in [2.05, 4.69) is 228 Å². The summed E-state index contributed by atoms with van der Waals surface area (Å²) >= 11 is 0. The molecule has 2 aromatic heterocycles. The van der Waals surface area contributed by atoms with Gasteiger partial charge in [0.05, 0.1) is 22.1 Å². The largest absolute Gasteiger partial charge is 0.309 e. The van der Waals surface area contributed by atoms with Crippen molar-refractivity contribution in [3.63, 3.8) is 0 Å². The molecule has 262 valence electrons. The van der Waals surface area contributed by atoms with E-state index in [1.165, 1.54) is 88.1 Å². The second-order valence-corrected chi connectivity index (χ2v) is 14.6. The monoisotopic (exact) mass is 712 g/mol. The number of hydrogen-bond acceptors (Lipinski definition) is 0. The molecule has 0 saturated carbocycles. The fraction of sp³-hybridized carbons (Fsp3) is 0. The lowest BCUT2D eigenvalue weighted by atomic mass is 10.00. The maximum atomic E-state index is 2.41. The molecule has 0 aliphatic rings. The molecule has 0 fully saturated rings. The predicted octanol–water partition coefficient (Wildman–Crippen LogP) is 14.5. The summed E-state index contributed by atoms with van der Waals surface area (Å²) < 4.78 is 4.82. The molecule has 0 aliphatic heterocycles. The van der Waals surface area contributed by atoms with Crippen molar-refractivity contribution in [2.45, 2.75) is 0 Å². The number of fused-ring (bicyclic) bond motifs is 6. The van der Waals surface area contributed by atoms with E-state index in [9.17, 15) is 0 Å². The van der Waals surface area contributed by atoms with Crippen molar-refractivity contribution in [3.05, 3.63) is 218 Å². The number of benzene rings is 9. The first-order valence-electron chi connectivity index (χ1n) is 19.3. The van der Waals surface area contributed by atoms with Crippen LogP contribution in [0.3, 0.4) is 0 Å². The molecule has 0 bridgehead atoms. The standard InChI is InChI=1S/C54H36N2/c1-3-13-37(14-4-1)39-25-27-40(28-26-39)42-18-12-20-46(34-42)56-52-24-10-8-22-48(52)50-36-44(30-32-54(50)56)43-29-31-53-49(35-43)47-21-7-9-23-51(47)55(53)45-19-11-17-41(33-45)38-15-5-2-6-16-38/h1-36H. The zero-order valence-corrected chi connectivity index (χ0v) is 30.7. The van der Waals surface area contributed by atoms with E-state index in [0.717, 1.165) is 11.4 Å². The Balaban J connectivity index is 1.01. The van der Waals surface area contributed by atoms with E-state index >= 15 is 0 Å². The number of rotatable bonds is 6. The molecule has 0 atom stereocenters. The van der Waals surface area contributed by atoms with Crippen molar-refractivity contribution in [3.8, 4) is 55.9 Å². The van der Waals surface area contributed by atoms with Crippen molar-refractivity contribution in [2.75, 3.05) is 0 Å². The summed E-state index contributed by atoms with van der Waals surface area (Å²) in [5.74, 6) is 0. The second kappa shape index (κ2) is 13.2. The van der Waals surface area contributed by atoms with Gasteiger partial charge in [-0.2, -0.15) is 0 Å². The summed E-state index contributed by atoms with van der Waals surface area (Å²) in [6.07, 6.45) is 0. The maximum Gasteiger partial charge on any atom is 0.0541 e. The van der Waals surface area contributed by atoms with Crippen molar-refractivity contribution in [1.29, 1.82) is 0 Å². The van der Waals surface area contributed by atoms with Gasteiger partial charge < -0.3 is 9.13 Å². The van der Waals surface area contributed by atoms with Crippen LogP contribution in [-0.2, 0) is 0 Å². The number of para-hydroxylation sites is 2. The highest BCUT2D eigenvalue weighted by Crippen LogP contribution is 2.39. The van der Waals surface area contributed by atoms with E-state index in [-0.39, 0.29) is 0 Å². The smallest absolute Gasteiger partial charge is 0.0541 e. The van der Waals surface area contributed by atoms with Crippen LogP contribution in [-0.4, -0.2) is 9.13 Å². The van der Waals surface area contributed by atoms with Gasteiger partial charge in [0.15, 0.2) is 0 Å². The van der Waals surface area contributed by atoms with Gasteiger partial charge in [-0.05, 0) is 105 Å². The maximum absolute atomic E-state index is 2.41. The number of hydrogen-bond donors (Lipinski definition) is 0. The lowest BCUT2D eigenvalue weighted by molar-refractivity contribution is 1.18. The average molecular weight is 713 g/mol. The Morgan fingerprint density at radius 1 is 0.196 bits per heavy atom. The van der Waals surface area contributed by atoms with Crippen LogP contribution >= 0.6 is 0 Å².